The number of carboxylic acid groups (broad SMARTS) is 1. The second kappa shape index (κ2) is 23.2. The van der Waals surface area contributed by atoms with Crippen LogP contribution < -0.4 is 21.3 Å². The molecule has 2 aromatic rings. The van der Waals surface area contributed by atoms with E-state index >= 15 is 0 Å². The maximum Gasteiger partial charge on any atom is 0.328 e. The van der Waals surface area contributed by atoms with E-state index in [1.165, 1.54) is 20.6 Å². The topological polar surface area (TPSA) is 261 Å². The van der Waals surface area contributed by atoms with Crippen molar-refractivity contribution in [1.82, 2.24) is 39.7 Å². The molecule has 4 heterocycles. The Bertz CT molecular complexity index is 3050. The molecule has 22 heteroatoms. The van der Waals surface area contributed by atoms with Crippen molar-refractivity contribution in [2.45, 2.75) is 193 Å². The molecule has 0 unspecified atom stereocenters. The lowest BCUT2D eigenvalue weighted by molar-refractivity contribution is -0.154. The average Bonchev–Trinajstić information content (AvgIpc) is 1.59. The number of carbonyl (C=O) groups is 6. The second-order valence-electron chi connectivity index (χ2n) is 28.3. The summed E-state index contributed by atoms with van der Waals surface area (Å²) in [4.78, 5) is 84.1. The molecule has 10 rings (SSSR count). The summed E-state index contributed by atoms with van der Waals surface area (Å²) >= 11 is 0. The van der Waals surface area contributed by atoms with Crippen LogP contribution >= 0.6 is 0 Å². The summed E-state index contributed by atoms with van der Waals surface area (Å²) in [5, 5.41) is 22.0. The van der Waals surface area contributed by atoms with Crippen LogP contribution in [0.25, 0.3) is 0 Å². The predicted octanol–water partition coefficient (Wildman–Crippen LogP) is 6.93. The minimum atomic E-state index is -3.68. The van der Waals surface area contributed by atoms with Crippen LogP contribution in [0.3, 0.4) is 0 Å². The molecule has 8 aliphatic rings. The van der Waals surface area contributed by atoms with Crippen LogP contribution in [-0.4, -0.2) is 146 Å². The van der Waals surface area contributed by atoms with Gasteiger partial charge < -0.3 is 40.9 Å². The van der Waals surface area contributed by atoms with Crippen molar-refractivity contribution in [3.63, 3.8) is 0 Å². The molecule has 4 aliphatic heterocycles. The number of piperidine rings is 2. The standard InChI is InChI=1S/C31H46N4O6S.C30H44N4O6S/c1-30(2,3)23(18-34-16-20-14-10-11-15-22(20)42(34,39)40)32-29(38)33-25(19-12-8-7-9-13-19)27(36)35-17-21-24(31(21,4)5)26(35)28(37)41-6;1-29(2,3)22(17-33-15-19-13-9-10-14-21(19)41(33,39)40)31-28(38)32-24(18-11-7-6-8-12-18)26(35)34-16-20-23(30(20,4)5)25(34)27(36)37/h10-11,14-15,19,21,23-26H,7-9,12-13,16-18H2,1-6H3,(H2,32,33,38);9-10,13-14,18,20,22-25H,6-8,11-12,15-17H2,1-5H3,(H,36,37)(H2,31,32,38)/t21-,23+,24-,25-,26-;20-,22+,23-,24-,25-/m00/s1. The zero-order valence-electron chi connectivity index (χ0n) is 50.4. The van der Waals surface area contributed by atoms with Crippen molar-refractivity contribution in [3.05, 3.63) is 59.7 Å². The van der Waals surface area contributed by atoms with Crippen molar-refractivity contribution in [3.8, 4) is 0 Å². The number of aliphatic carboxylic acids is 1. The monoisotopic (exact) mass is 1190 g/mol. The molecule has 20 nitrogen and oxygen atoms in total. The summed E-state index contributed by atoms with van der Waals surface area (Å²) in [5.74, 6) is -1.75. The van der Waals surface area contributed by atoms with Crippen LogP contribution in [0.2, 0.25) is 0 Å². The second-order valence-corrected chi connectivity index (χ2v) is 32.1. The molecule has 0 bridgehead atoms. The molecular formula is C61H90N8O12S2. The fourth-order valence-electron chi connectivity index (χ4n) is 14.8. The first-order valence-electron chi connectivity index (χ1n) is 30.0. The van der Waals surface area contributed by atoms with Gasteiger partial charge in [0.1, 0.15) is 24.2 Å². The third kappa shape index (κ3) is 12.3. The van der Waals surface area contributed by atoms with Crippen LogP contribution in [0, 0.1) is 57.2 Å². The van der Waals surface area contributed by atoms with Gasteiger partial charge in [0.15, 0.2) is 0 Å². The highest BCUT2D eigenvalue weighted by Crippen LogP contribution is 2.66. The van der Waals surface area contributed by atoms with Gasteiger partial charge in [0, 0.05) is 63.2 Å². The zero-order chi connectivity index (χ0) is 60.5. The lowest BCUT2D eigenvalue weighted by Gasteiger charge is -2.38. The van der Waals surface area contributed by atoms with E-state index in [2.05, 4.69) is 49.0 Å². The first-order chi connectivity index (χ1) is 38.8. The molecule has 0 radical (unpaired) electrons. The summed E-state index contributed by atoms with van der Waals surface area (Å²) in [7, 11) is -6.00. The number of urea groups is 2. The number of ether oxygens (including phenoxy) is 1. The largest absolute Gasteiger partial charge is 0.480 e. The molecule has 0 spiro atoms. The molecule has 0 aromatic heterocycles. The molecule has 2 aromatic carbocycles. The molecule has 4 saturated carbocycles. The van der Waals surface area contributed by atoms with Gasteiger partial charge in [0.2, 0.25) is 31.9 Å². The predicted molar refractivity (Wildman–Crippen MR) is 311 cm³/mol. The lowest BCUT2D eigenvalue weighted by atomic mass is 9.83. The number of hydrogen-bond donors (Lipinski definition) is 5. The number of benzene rings is 2. The molecule has 10 atom stereocenters. The van der Waals surface area contributed by atoms with Crippen molar-refractivity contribution in [2.75, 3.05) is 33.3 Å². The Balaban J connectivity index is 0.000000200. The number of amides is 6. The fourth-order valence-corrected chi connectivity index (χ4v) is 18.1. The Hall–Kier alpha value is -5.32. The van der Waals surface area contributed by atoms with E-state index in [9.17, 15) is 50.7 Å². The molecule has 5 N–H and O–H groups in total. The molecule has 4 aliphatic carbocycles. The van der Waals surface area contributed by atoms with Crippen LogP contribution in [0.4, 0.5) is 9.59 Å². The van der Waals surface area contributed by atoms with E-state index in [0.29, 0.717) is 22.9 Å². The quantitative estimate of drug-likeness (QED) is 0.121. The number of sulfonamides is 2. The highest BCUT2D eigenvalue weighted by molar-refractivity contribution is 7.89. The van der Waals surface area contributed by atoms with Gasteiger partial charge in [-0.2, -0.15) is 8.61 Å². The normalized spacial score (nSPS) is 28.1. The molecule has 458 valence electrons. The van der Waals surface area contributed by atoms with Gasteiger partial charge in [-0.15, -0.1) is 0 Å². The smallest absolute Gasteiger partial charge is 0.328 e. The molecule has 2 saturated heterocycles. The maximum absolute atomic E-state index is 14.1. The third-order valence-electron chi connectivity index (χ3n) is 20.4. The number of rotatable bonds is 14. The maximum atomic E-state index is 14.1. The number of nitrogens with zero attached hydrogens (tertiary/aromatic N) is 4. The highest BCUT2D eigenvalue weighted by Gasteiger charge is 2.71. The molecule has 6 fully saturated rings. The number of esters is 1. The SMILES string of the molecule is CC(C)(C)[C@@H](CN1Cc2ccccc2S1(=O)=O)NC(=O)N[C@H](C(=O)N1C[C@H]2[C@@H]([C@H]1C(=O)O)C2(C)C)C1CCCCC1.COC(=O)[C@@H]1[C@@H]2[C@H](CN1C(=O)[C@@H](NC(=O)N[C@H](CN1Cc3ccccc3S1(=O)=O)C(C)(C)C)C1CCCCC1)C2(C)C. The van der Waals surface area contributed by atoms with Crippen LogP contribution in [0.5, 0.6) is 0 Å². The number of likely N-dealkylation sites (tertiary alicyclic amines) is 2. The molecule has 6 amide bonds. The molecule has 83 heavy (non-hydrogen) atoms. The Kier molecular flexibility index (Phi) is 17.4. The Morgan fingerprint density at radius 2 is 0.940 bits per heavy atom. The van der Waals surface area contributed by atoms with Gasteiger partial charge in [-0.3, -0.25) is 9.59 Å². The average molecular weight is 1190 g/mol. The van der Waals surface area contributed by atoms with Crippen LogP contribution in [-0.2, 0) is 57.1 Å². The summed E-state index contributed by atoms with van der Waals surface area (Å²) in [5.41, 5.74) is 0.375. The first kappa shape index (κ1) is 62.2. The van der Waals surface area contributed by atoms with E-state index in [1.54, 1.807) is 35.2 Å². The number of fused-ring (bicyclic) bond motifs is 4. The van der Waals surface area contributed by atoms with Crippen LogP contribution in [0.15, 0.2) is 58.3 Å². The van der Waals surface area contributed by atoms with E-state index in [4.69, 9.17) is 4.74 Å². The van der Waals surface area contributed by atoms with E-state index in [1.807, 2.05) is 59.7 Å². The van der Waals surface area contributed by atoms with E-state index in [0.717, 1.165) is 75.3 Å². The van der Waals surface area contributed by atoms with Crippen molar-refractivity contribution >= 4 is 55.9 Å². The zero-order valence-corrected chi connectivity index (χ0v) is 52.0. The van der Waals surface area contributed by atoms with Gasteiger partial charge in [-0.1, -0.05) is 144 Å². The van der Waals surface area contributed by atoms with E-state index in [-0.39, 0.29) is 84.3 Å². The summed E-state index contributed by atoms with van der Waals surface area (Å²) < 4.78 is 60.9. The fraction of sp³-hybridized carbons (Fsp3) is 0.705. The van der Waals surface area contributed by atoms with Crippen LogP contribution in [0.1, 0.15) is 145 Å². The minimum Gasteiger partial charge on any atom is -0.480 e. The van der Waals surface area contributed by atoms with Crippen molar-refractivity contribution in [2.24, 2.45) is 57.2 Å². The third-order valence-corrected chi connectivity index (χ3v) is 24.2. The van der Waals surface area contributed by atoms with Gasteiger partial charge >= 0.3 is 24.0 Å². The molecular weight excluding hydrogens is 1100 g/mol. The van der Waals surface area contributed by atoms with Crippen molar-refractivity contribution in [1.29, 1.82) is 0 Å². The number of carboxylic acids is 1. The minimum absolute atomic E-state index is 0.0315. The first-order valence-corrected chi connectivity index (χ1v) is 32.9. The lowest BCUT2D eigenvalue weighted by Crippen LogP contribution is -2.60. The Labute approximate surface area is 491 Å². The Morgan fingerprint density at radius 1 is 0.578 bits per heavy atom. The summed E-state index contributed by atoms with van der Waals surface area (Å²) in [6.07, 6.45) is 9.24. The van der Waals surface area contributed by atoms with Gasteiger partial charge in [-0.25, -0.2) is 36.0 Å². The highest BCUT2D eigenvalue weighted by atomic mass is 32.2. The number of nitrogens with one attached hydrogen (secondary N) is 4. The van der Waals surface area contributed by atoms with E-state index < -0.39 is 91.1 Å². The number of hydrogen-bond acceptors (Lipinski definition) is 11. The summed E-state index contributed by atoms with van der Waals surface area (Å²) in [6, 6.07) is 8.61. The number of carbonyl (C=O) groups excluding carboxylic acids is 5. The van der Waals surface area contributed by atoms with Gasteiger partial charge in [0.05, 0.1) is 16.9 Å². The van der Waals surface area contributed by atoms with Gasteiger partial charge in [-0.05, 0) is 94.3 Å². The van der Waals surface area contributed by atoms with Crippen molar-refractivity contribution < 1.29 is 55.4 Å². The van der Waals surface area contributed by atoms with Gasteiger partial charge in [0.25, 0.3) is 0 Å². The summed E-state index contributed by atoms with van der Waals surface area (Å²) in [6.45, 7) is 21.6. The Morgan fingerprint density at radius 3 is 1.29 bits per heavy atom. The number of methoxy groups -OCH3 is 1.